The molecule has 2 aromatic rings. The number of aromatic amines is 1. The van der Waals surface area contributed by atoms with Crippen LogP contribution >= 0.6 is 15.9 Å². The predicted octanol–water partition coefficient (Wildman–Crippen LogP) is 2.62. The van der Waals surface area contributed by atoms with Crippen molar-refractivity contribution in [1.29, 1.82) is 0 Å². The molecular weight excluding hydrogens is 270 g/mol. The number of fused-ring (bicyclic) bond motifs is 1. The number of Topliss-reactive ketones (excluding diaryl/α,β-unsaturated/α-hetero) is 2. The average molecular weight is 280 g/mol. The van der Waals surface area contributed by atoms with Crippen molar-refractivity contribution in [3.63, 3.8) is 0 Å². The molecule has 0 saturated carbocycles. The number of carbonyl (C=O) groups is 2. The van der Waals surface area contributed by atoms with Gasteiger partial charge in [-0.3, -0.25) is 9.59 Å². The highest BCUT2D eigenvalue weighted by molar-refractivity contribution is 9.09. The van der Waals surface area contributed by atoms with Crippen LogP contribution in [0.15, 0.2) is 24.3 Å². The first-order chi connectivity index (χ1) is 7.65. The van der Waals surface area contributed by atoms with Crippen molar-refractivity contribution < 1.29 is 9.59 Å². The van der Waals surface area contributed by atoms with Crippen LogP contribution in [0.1, 0.15) is 16.1 Å². The number of benzene rings is 1. The average Bonchev–Trinajstić information content (AvgIpc) is 2.63. The first kappa shape index (κ1) is 11.1. The maximum Gasteiger partial charge on any atom is 0.231 e. The van der Waals surface area contributed by atoms with Crippen LogP contribution in [0.2, 0.25) is 0 Å². The Balaban J connectivity index is 2.64. The zero-order valence-corrected chi connectivity index (χ0v) is 10.3. The van der Waals surface area contributed by atoms with Gasteiger partial charge in [0.25, 0.3) is 0 Å². The summed E-state index contributed by atoms with van der Waals surface area (Å²) in [5.74, 6) is -0.861. The molecule has 0 aliphatic carbocycles. The lowest BCUT2D eigenvalue weighted by molar-refractivity contribution is -0.112. The lowest BCUT2D eigenvalue weighted by Crippen LogP contribution is -2.15. The molecule has 1 aromatic heterocycles. The standard InChI is InChI=1S/C12H10BrNO2/c1-7-11(12(16)10(15)6-13)8-4-2-3-5-9(8)14-7/h2-5,14H,6H2,1H3. The fourth-order valence-electron chi connectivity index (χ4n) is 1.77. The van der Waals surface area contributed by atoms with E-state index in [0.717, 1.165) is 16.6 Å². The maximum absolute atomic E-state index is 11.9. The largest absolute Gasteiger partial charge is 0.358 e. The van der Waals surface area contributed by atoms with Crippen molar-refractivity contribution in [3.05, 3.63) is 35.5 Å². The second kappa shape index (κ2) is 4.22. The van der Waals surface area contributed by atoms with Crippen molar-refractivity contribution >= 4 is 38.4 Å². The summed E-state index contributed by atoms with van der Waals surface area (Å²) in [6.45, 7) is 1.80. The smallest absolute Gasteiger partial charge is 0.231 e. The molecule has 2 rings (SSSR count). The zero-order valence-electron chi connectivity index (χ0n) is 8.71. The second-order valence-corrected chi connectivity index (χ2v) is 4.12. The van der Waals surface area contributed by atoms with Crippen LogP contribution in [-0.2, 0) is 4.79 Å². The lowest BCUT2D eigenvalue weighted by Gasteiger charge is -1.97. The molecule has 1 N–H and O–H groups in total. The van der Waals surface area contributed by atoms with Gasteiger partial charge in [0.05, 0.1) is 10.9 Å². The van der Waals surface area contributed by atoms with Crippen molar-refractivity contribution in [3.8, 4) is 0 Å². The molecule has 3 nitrogen and oxygen atoms in total. The minimum Gasteiger partial charge on any atom is -0.358 e. The fourth-order valence-corrected chi connectivity index (χ4v) is 2.02. The first-order valence-corrected chi connectivity index (χ1v) is 5.98. The van der Waals surface area contributed by atoms with E-state index in [2.05, 4.69) is 20.9 Å². The van der Waals surface area contributed by atoms with Crippen molar-refractivity contribution in [2.24, 2.45) is 0 Å². The van der Waals surface area contributed by atoms with Crippen LogP contribution in [0, 0.1) is 6.92 Å². The van der Waals surface area contributed by atoms with Gasteiger partial charge in [0, 0.05) is 16.6 Å². The van der Waals surface area contributed by atoms with Gasteiger partial charge in [0.2, 0.25) is 11.6 Å². The molecule has 0 aliphatic heterocycles. The zero-order chi connectivity index (χ0) is 11.7. The summed E-state index contributed by atoms with van der Waals surface area (Å²) < 4.78 is 0. The van der Waals surface area contributed by atoms with Gasteiger partial charge in [0.15, 0.2) is 0 Å². The highest BCUT2D eigenvalue weighted by Gasteiger charge is 2.21. The van der Waals surface area contributed by atoms with Gasteiger partial charge in [-0.05, 0) is 13.0 Å². The van der Waals surface area contributed by atoms with Gasteiger partial charge in [-0.15, -0.1) is 0 Å². The van der Waals surface area contributed by atoms with Gasteiger partial charge in [-0.2, -0.15) is 0 Å². The molecule has 1 aromatic carbocycles. The third-order valence-corrected chi connectivity index (χ3v) is 3.00. The molecule has 82 valence electrons. The van der Waals surface area contributed by atoms with E-state index in [4.69, 9.17) is 0 Å². The number of hydrogen-bond acceptors (Lipinski definition) is 2. The maximum atomic E-state index is 11.9. The topological polar surface area (TPSA) is 49.9 Å². The van der Waals surface area contributed by atoms with Gasteiger partial charge < -0.3 is 4.98 Å². The molecule has 0 unspecified atom stereocenters. The van der Waals surface area contributed by atoms with Crippen LogP contribution < -0.4 is 0 Å². The number of ketones is 2. The number of hydrogen-bond donors (Lipinski definition) is 1. The molecule has 0 atom stereocenters. The molecule has 0 bridgehead atoms. The summed E-state index contributed by atoms with van der Waals surface area (Å²) in [7, 11) is 0. The van der Waals surface area contributed by atoms with E-state index < -0.39 is 11.6 Å². The Morgan fingerprint density at radius 3 is 2.69 bits per heavy atom. The molecule has 4 heteroatoms. The first-order valence-electron chi connectivity index (χ1n) is 4.86. The fraction of sp³-hybridized carbons (Fsp3) is 0.167. The Bertz CT molecular complexity index is 571. The summed E-state index contributed by atoms with van der Waals surface area (Å²) in [6.07, 6.45) is 0. The molecule has 0 fully saturated rings. The third kappa shape index (κ3) is 1.69. The van der Waals surface area contributed by atoms with E-state index in [9.17, 15) is 9.59 Å². The number of alkyl halides is 1. The quantitative estimate of drug-likeness (QED) is 0.534. The lowest BCUT2D eigenvalue weighted by atomic mass is 10.0. The Morgan fingerprint density at radius 2 is 2.00 bits per heavy atom. The Labute approximate surface area is 101 Å². The van der Waals surface area contributed by atoms with Crippen LogP contribution in [0.4, 0.5) is 0 Å². The molecular formula is C12H10BrNO2. The summed E-state index contributed by atoms with van der Waals surface area (Å²) in [4.78, 5) is 26.4. The minimum atomic E-state index is -0.438. The Morgan fingerprint density at radius 1 is 1.31 bits per heavy atom. The van der Waals surface area contributed by atoms with Gasteiger partial charge in [-0.25, -0.2) is 0 Å². The monoisotopic (exact) mass is 279 g/mol. The minimum absolute atomic E-state index is 0.0603. The summed E-state index contributed by atoms with van der Waals surface area (Å²) in [6, 6.07) is 7.47. The number of nitrogens with one attached hydrogen (secondary N) is 1. The second-order valence-electron chi connectivity index (χ2n) is 3.56. The van der Waals surface area contributed by atoms with Crippen molar-refractivity contribution in [2.45, 2.75) is 6.92 Å². The van der Waals surface area contributed by atoms with Crippen LogP contribution in [-0.4, -0.2) is 21.9 Å². The Hall–Kier alpha value is -1.42. The number of aromatic nitrogens is 1. The number of para-hydroxylation sites is 1. The van der Waals surface area contributed by atoms with Crippen LogP contribution in [0.3, 0.4) is 0 Å². The SMILES string of the molecule is Cc1[nH]c2ccccc2c1C(=O)C(=O)CBr. The molecule has 0 amide bonds. The van der Waals surface area contributed by atoms with Crippen molar-refractivity contribution in [2.75, 3.05) is 5.33 Å². The summed E-state index contributed by atoms with van der Waals surface area (Å²) in [5.41, 5.74) is 2.10. The summed E-state index contributed by atoms with van der Waals surface area (Å²) >= 11 is 3.01. The molecule has 1 heterocycles. The van der Waals surface area contributed by atoms with Crippen LogP contribution in [0.5, 0.6) is 0 Å². The number of aryl methyl sites for hydroxylation is 1. The number of carbonyl (C=O) groups excluding carboxylic acids is 2. The van der Waals surface area contributed by atoms with E-state index in [1.54, 1.807) is 6.92 Å². The van der Waals surface area contributed by atoms with E-state index in [0.29, 0.717) is 5.56 Å². The normalized spacial score (nSPS) is 10.6. The van der Waals surface area contributed by atoms with Gasteiger partial charge in [0.1, 0.15) is 0 Å². The van der Waals surface area contributed by atoms with Crippen LogP contribution in [0.25, 0.3) is 10.9 Å². The number of halogens is 1. The highest BCUT2D eigenvalue weighted by Crippen LogP contribution is 2.22. The molecule has 0 aliphatic rings. The Kier molecular flexibility index (Phi) is 2.92. The van der Waals surface area contributed by atoms with Gasteiger partial charge >= 0.3 is 0 Å². The van der Waals surface area contributed by atoms with Crippen molar-refractivity contribution in [1.82, 2.24) is 4.98 Å². The molecule has 0 spiro atoms. The molecule has 0 radical (unpaired) electrons. The highest BCUT2D eigenvalue weighted by atomic mass is 79.9. The van der Waals surface area contributed by atoms with E-state index in [1.807, 2.05) is 24.3 Å². The predicted molar refractivity (Wildman–Crippen MR) is 66.2 cm³/mol. The van der Waals surface area contributed by atoms with E-state index >= 15 is 0 Å². The van der Waals surface area contributed by atoms with E-state index in [1.165, 1.54) is 0 Å². The third-order valence-electron chi connectivity index (χ3n) is 2.50. The summed E-state index contributed by atoms with van der Waals surface area (Å²) in [5, 5.41) is 0.865. The molecule has 16 heavy (non-hydrogen) atoms. The van der Waals surface area contributed by atoms with E-state index in [-0.39, 0.29) is 5.33 Å². The van der Waals surface area contributed by atoms with Gasteiger partial charge in [-0.1, -0.05) is 34.1 Å². The molecule has 0 saturated heterocycles. The number of H-pyrrole nitrogens is 1. The number of rotatable bonds is 3.